The molecule has 0 saturated heterocycles. The van der Waals surface area contributed by atoms with Crippen LogP contribution < -0.4 is 5.32 Å². The van der Waals surface area contributed by atoms with Crippen molar-refractivity contribution in [3.63, 3.8) is 0 Å². The highest BCUT2D eigenvalue weighted by Gasteiger charge is 2.19. The molecule has 1 unspecified atom stereocenters. The second-order valence-corrected chi connectivity index (χ2v) is 4.31. The van der Waals surface area contributed by atoms with Crippen molar-refractivity contribution in [1.82, 2.24) is 4.90 Å². The van der Waals surface area contributed by atoms with Crippen LogP contribution in [0.1, 0.15) is 26.3 Å². The Labute approximate surface area is 108 Å². The number of para-hydroxylation sites is 1. The van der Waals surface area contributed by atoms with E-state index in [0.717, 1.165) is 5.56 Å². The largest absolute Gasteiger partial charge is 0.371 e. The van der Waals surface area contributed by atoms with Gasteiger partial charge in [-0.3, -0.25) is 4.79 Å². The smallest absolute Gasteiger partial charge is 0.244 e. The number of hydrogen-bond acceptors (Lipinski definition) is 2. The molecule has 0 saturated carbocycles. The Kier molecular flexibility index (Phi) is 5.13. The lowest BCUT2D eigenvalue weighted by molar-refractivity contribution is -0.131. The fourth-order valence-electron chi connectivity index (χ4n) is 1.90. The molecule has 0 aliphatic carbocycles. The number of nitrogens with zero attached hydrogens (tertiary/aromatic N) is 1. The van der Waals surface area contributed by atoms with Gasteiger partial charge in [-0.05, 0) is 39.3 Å². The molecule has 0 fully saturated rings. The molecule has 1 N–H and O–H groups in total. The molecule has 0 bridgehead atoms. The number of benzene rings is 1. The summed E-state index contributed by atoms with van der Waals surface area (Å²) in [6.45, 7) is 8.77. The molecule has 1 aromatic rings. The van der Waals surface area contributed by atoms with Crippen LogP contribution in [0.2, 0.25) is 0 Å². The standard InChI is InChI=1S/C14H21FN2O/c1-5-17(6-2)14(18)11(4)16-13-10(3)8-7-9-12(13)15/h7-9,11,16H,5-6H2,1-4H3. The Balaban J connectivity index is 2.81. The summed E-state index contributed by atoms with van der Waals surface area (Å²) in [6.07, 6.45) is 0. The Bertz CT molecular complexity index is 396. The first-order valence-corrected chi connectivity index (χ1v) is 6.31. The maximum absolute atomic E-state index is 13.7. The van der Waals surface area contributed by atoms with Crippen LogP contribution in [0.5, 0.6) is 0 Å². The average molecular weight is 252 g/mol. The number of anilines is 1. The Hall–Kier alpha value is -1.58. The normalized spacial score (nSPS) is 12.1. The predicted molar refractivity (Wildman–Crippen MR) is 72.1 cm³/mol. The van der Waals surface area contributed by atoms with Crippen LogP contribution in [0.25, 0.3) is 0 Å². The van der Waals surface area contributed by atoms with Crippen LogP contribution in [0.3, 0.4) is 0 Å². The van der Waals surface area contributed by atoms with Crippen molar-refractivity contribution in [2.75, 3.05) is 18.4 Å². The number of amides is 1. The first-order valence-electron chi connectivity index (χ1n) is 6.31. The van der Waals surface area contributed by atoms with Gasteiger partial charge in [0.05, 0.1) is 5.69 Å². The summed E-state index contributed by atoms with van der Waals surface area (Å²) in [5.74, 6) is -0.336. The molecule has 0 radical (unpaired) electrons. The molecule has 3 nitrogen and oxygen atoms in total. The topological polar surface area (TPSA) is 32.3 Å². The van der Waals surface area contributed by atoms with Gasteiger partial charge in [-0.2, -0.15) is 0 Å². The zero-order valence-electron chi connectivity index (χ0n) is 11.5. The van der Waals surface area contributed by atoms with Crippen molar-refractivity contribution in [2.45, 2.75) is 33.7 Å². The summed E-state index contributed by atoms with van der Waals surface area (Å²) in [4.78, 5) is 13.8. The van der Waals surface area contributed by atoms with E-state index in [0.29, 0.717) is 18.8 Å². The summed E-state index contributed by atoms with van der Waals surface area (Å²) >= 11 is 0. The lowest BCUT2D eigenvalue weighted by Gasteiger charge is -2.24. The Morgan fingerprint density at radius 1 is 1.39 bits per heavy atom. The van der Waals surface area contributed by atoms with Gasteiger partial charge in [0.15, 0.2) is 0 Å². The number of halogens is 1. The van der Waals surface area contributed by atoms with E-state index < -0.39 is 6.04 Å². The summed E-state index contributed by atoms with van der Waals surface area (Å²) in [6, 6.07) is 4.44. The second-order valence-electron chi connectivity index (χ2n) is 4.31. The van der Waals surface area contributed by atoms with Crippen LogP contribution >= 0.6 is 0 Å². The number of nitrogens with one attached hydrogen (secondary N) is 1. The lowest BCUT2D eigenvalue weighted by Crippen LogP contribution is -2.41. The third-order valence-corrected chi connectivity index (χ3v) is 3.03. The van der Waals surface area contributed by atoms with Gasteiger partial charge in [-0.1, -0.05) is 12.1 Å². The first-order chi connectivity index (χ1) is 8.51. The second kappa shape index (κ2) is 6.38. The quantitative estimate of drug-likeness (QED) is 0.874. The van der Waals surface area contributed by atoms with E-state index >= 15 is 0 Å². The first kappa shape index (κ1) is 14.5. The van der Waals surface area contributed by atoms with Gasteiger partial charge in [0, 0.05) is 13.1 Å². The van der Waals surface area contributed by atoms with Crippen molar-refractivity contribution in [3.05, 3.63) is 29.6 Å². The minimum atomic E-state index is -0.430. The molecule has 1 atom stereocenters. The van der Waals surface area contributed by atoms with Gasteiger partial charge in [0.25, 0.3) is 0 Å². The zero-order chi connectivity index (χ0) is 13.7. The van der Waals surface area contributed by atoms with Crippen molar-refractivity contribution in [1.29, 1.82) is 0 Å². The van der Waals surface area contributed by atoms with Gasteiger partial charge in [-0.15, -0.1) is 0 Å². The van der Waals surface area contributed by atoms with Gasteiger partial charge < -0.3 is 10.2 Å². The minimum Gasteiger partial charge on any atom is -0.371 e. The van der Waals surface area contributed by atoms with Gasteiger partial charge in [0.2, 0.25) is 5.91 Å². The van der Waals surface area contributed by atoms with E-state index in [9.17, 15) is 9.18 Å². The molecule has 1 amide bonds. The molecule has 0 heterocycles. The van der Waals surface area contributed by atoms with Crippen LogP contribution in [0.4, 0.5) is 10.1 Å². The highest BCUT2D eigenvalue weighted by Crippen LogP contribution is 2.19. The molecule has 0 aliphatic heterocycles. The molecule has 1 rings (SSSR count). The molecule has 1 aromatic carbocycles. The third-order valence-electron chi connectivity index (χ3n) is 3.03. The van der Waals surface area contributed by atoms with Crippen LogP contribution in [-0.4, -0.2) is 29.9 Å². The van der Waals surface area contributed by atoms with Crippen LogP contribution in [0.15, 0.2) is 18.2 Å². The Morgan fingerprint density at radius 2 is 2.00 bits per heavy atom. The molecule has 0 spiro atoms. The fourth-order valence-corrected chi connectivity index (χ4v) is 1.90. The van der Waals surface area contributed by atoms with E-state index in [4.69, 9.17) is 0 Å². The molecular weight excluding hydrogens is 231 g/mol. The maximum Gasteiger partial charge on any atom is 0.244 e. The van der Waals surface area contributed by atoms with Crippen molar-refractivity contribution < 1.29 is 9.18 Å². The van der Waals surface area contributed by atoms with Gasteiger partial charge >= 0.3 is 0 Å². The summed E-state index contributed by atoms with van der Waals surface area (Å²) in [7, 11) is 0. The molecule has 18 heavy (non-hydrogen) atoms. The van der Waals surface area contributed by atoms with Crippen molar-refractivity contribution in [2.24, 2.45) is 0 Å². The minimum absolute atomic E-state index is 0.0114. The highest BCUT2D eigenvalue weighted by atomic mass is 19.1. The van der Waals surface area contributed by atoms with Gasteiger partial charge in [0.1, 0.15) is 11.9 Å². The molecular formula is C14H21FN2O. The number of hydrogen-bond donors (Lipinski definition) is 1. The van der Waals surface area contributed by atoms with E-state index in [2.05, 4.69) is 5.32 Å². The molecule has 0 aliphatic rings. The van der Waals surface area contributed by atoms with E-state index in [1.807, 2.05) is 26.8 Å². The monoisotopic (exact) mass is 252 g/mol. The van der Waals surface area contributed by atoms with Gasteiger partial charge in [-0.25, -0.2) is 4.39 Å². The van der Waals surface area contributed by atoms with E-state index in [-0.39, 0.29) is 11.7 Å². The van der Waals surface area contributed by atoms with Crippen LogP contribution in [0, 0.1) is 12.7 Å². The lowest BCUT2D eigenvalue weighted by atomic mass is 10.1. The summed E-state index contributed by atoms with van der Waals surface area (Å²) < 4.78 is 13.7. The number of aryl methyl sites for hydroxylation is 1. The molecule has 4 heteroatoms. The zero-order valence-corrected chi connectivity index (χ0v) is 11.5. The van der Waals surface area contributed by atoms with Crippen molar-refractivity contribution in [3.8, 4) is 0 Å². The number of carbonyl (C=O) groups excluding carboxylic acids is 1. The number of carbonyl (C=O) groups is 1. The summed E-state index contributed by atoms with van der Waals surface area (Å²) in [5, 5.41) is 2.96. The van der Waals surface area contributed by atoms with Crippen LogP contribution in [-0.2, 0) is 4.79 Å². The van der Waals surface area contributed by atoms with E-state index in [1.54, 1.807) is 17.9 Å². The number of likely N-dealkylation sites (N-methyl/N-ethyl adjacent to an activating group) is 1. The highest BCUT2D eigenvalue weighted by molar-refractivity contribution is 5.84. The SMILES string of the molecule is CCN(CC)C(=O)C(C)Nc1c(C)cccc1F. The predicted octanol–water partition coefficient (Wildman–Crippen LogP) is 2.80. The van der Waals surface area contributed by atoms with Crippen molar-refractivity contribution >= 4 is 11.6 Å². The number of rotatable bonds is 5. The molecule has 0 aromatic heterocycles. The fraction of sp³-hybridized carbons (Fsp3) is 0.500. The average Bonchev–Trinajstić information content (AvgIpc) is 2.35. The summed E-state index contributed by atoms with van der Waals surface area (Å²) in [5.41, 5.74) is 1.21. The van der Waals surface area contributed by atoms with E-state index in [1.165, 1.54) is 6.07 Å². The Morgan fingerprint density at radius 3 is 2.50 bits per heavy atom. The molecule has 100 valence electrons. The maximum atomic E-state index is 13.7. The third kappa shape index (κ3) is 3.22.